The lowest BCUT2D eigenvalue weighted by atomic mass is 10.0. The molecule has 0 saturated heterocycles. The molecule has 0 aliphatic heterocycles. The molecule has 0 spiro atoms. The van der Waals surface area contributed by atoms with Crippen LogP contribution < -0.4 is 5.32 Å². The summed E-state index contributed by atoms with van der Waals surface area (Å²) in [5.74, 6) is -0.291. The van der Waals surface area contributed by atoms with Crippen molar-refractivity contribution in [3.63, 3.8) is 0 Å². The van der Waals surface area contributed by atoms with Crippen molar-refractivity contribution in [3.8, 4) is 0 Å². The highest BCUT2D eigenvalue weighted by molar-refractivity contribution is 7.90. The van der Waals surface area contributed by atoms with Crippen molar-refractivity contribution in [3.05, 3.63) is 87.1 Å². The zero-order valence-corrected chi connectivity index (χ0v) is 17.7. The summed E-state index contributed by atoms with van der Waals surface area (Å²) in [6.45, 7) is 3.91. The second-order valence-corrected chi connectivity index (χ2v) is 9.76. The number of amides is 1. The highest BCUT2D eigenvalue weighted by atomic mass is 32.2. The van der Waals surface area contributed by atoms with Crippen LogP contribution in [0.3, 0.4) is 0 Å². The van der Waals surface area contributed by atoms with E-state index in [1.165, 1.54) is 17.7 Å². The molecule has 1 heterocycles. The fraction of sp³-hybridized carbons (Fsp3) is 0.227. The smallest absolute Gasteiger partial charge is 0.252 e. The lowest BCUT2D eigenvalue weighted by Crippen LogP contribution is -2.29. The predicted molar refractivity (Wildman–Crippen MR) is 114 cm³/mol. The molecule has 3 aromatic rings. The average molecular weight is 414 g/mol. The predicted octanol–water partition coefficient (Wildman–Crippen LogP) is 4.54. The van der Waals surface area contributed by atoms with E-state index in [-0.39, 0.29) is 16.8 Å². The van der Waals surface area contributed by atoms with Crippen LogP contribution in [-0.4, -0.2) is 20.6 Å². The van der Waals surface area contributed by atoms with Crippen LogP contribution in [0, 0.1) is 6.92 Å². The molecule has 0 fully saturated rings. The largest absolute Gasteiger partial charge is 0.340 e. The summed E-state index contributed by atoms with van der Waals surface area (Å²) >= 11 is 1.57. The second-order valence-electron chi connectivity index (χ2n) is 6.77. The first-order valence-electron chi connectivity index (χ1n) is 9.03. The maximum absolute atomic E-state index is 13.0. The first kappa shape index (κ1) is 20.3. The normalized spacial score (nSPS) is 12.5. The molecule has 0 aliphatic rings. The summed E-state index contributed by atoms with van der Waals surface area (Å²) in [4.78, 5) is 14.2. The Hall–Kier alpha value is -2.44. The number of nitrogens with one attached hydrogen (secondary N) is 1. The van der Waals surface area contributed by atoms with Crippen LogP contribution >= 0.6 is 11.3 Å². The Morgan fingerprint density at radius 3 is 2.39 bits per heavy atom. The third-order valence-electron chi connectivity index (χ3n) is 4.71. The van der Waals surface area contributed by atoms with Crippen molar-refractivity contribution in [1.29, 1.82) is 0 Å². The van der Waals surface area contributed by atoms with E-state index in [1.54, 1.807) is 24.3 Å². The summed E-state index contributed by atoms with van der Waals surface area (Å²) in [7, 11) is -3.39. The number of carbonyl (C=O) groups is 1. The van der Waals surface area contributed by atoms with Crippen LogP contribution in [0.2, 0.25) is 0 Å². The summed E-state index contributed by atoms with van der Waals surface area (Å²) in [5.41, 5.74) is 3.33. The molecule has 6 heteroatoms. The lowest BCUT2D eigenvalue weighted by molar-refractivity contribution is 0.0942. The highest BCUT2D eigenvalue weighted by Crippen LogP contribution is 2.27. The van der Waals surface area contributed by atoms with Gasteiger partial charge in [0.25, 0.3) is 5.91 Å². The number of hydrogen-bond acceptors (Lipinski definition) is 4. The van der Waals surface area contributed by atoms with E-state index in [2.05, 4.69) is 24.4 Å². The van der Waals surface area contributed by atoms with Crippen LogP contribution in [0.15, 0.2) is 64.9 Å². The van der Waals surface area contributed by atoms with Gasteiger partial charge < -0.3 is 5.32 Å². The summed E-state index contributed by atoms with van der Waals surface area (Å²) in [6, 6.07) is 16.5. The van der Waals surface area contributed by atoms with Crippen LogP contribution in [0.5, 0.6) is 0 Å². The molecule has 1 atom stereocenters. The summed E-state index contributed by atoms with van der Waals surface area (Å²) < 4.78 is 23.8. The Morgan fingerprint density at radius 1 is 1.11 bits per heavy atom. The maximum atomic E-state index is 13.0. The van der Waals surface area contributed by atoms with Crippen molar-refractivity contribution in [1.82, 2.24) is 5.32 Å². The molecular formula is C22H23NO3S2. The van der Waals surface area contributed by atoms with Gasteiger partial charge in [0.1, 0.15) is 0 Å². The van der Waals surface area contributed by atoms with E-state index in [0.29, 0.717) is 5.56 Å². The van der Waals surface area contributed by atoms with Crippen molar-refractivity contribution >= 4 is 27.1 Å². The number of carbonyl (C=O) groups excluding carboxylic acids is 1. The molecule has 1 N–H and O–H groups in total. The van der Waals surface area contributed by atoms with Crippen molar-refractivity contribution in [2.45, 2.75) is 31.2 Å². The van der Waals surface area contributed by atoms with Crippen LogP contribution in [0.1, 0.15) is 44.9 Å². The number of aryl methyl sites for hydroxylation is 2. The SMILES string of the molecule is CCc1ccc(C(NC(=O)c2cc(S(C)(=O)=O)ccc2C)c2cccs2)cc1. The van der Waals surface area contributed by atoms with Gasteiger partial charge in [0.05, 0.1) is 10.9 Å². The Kier molecular flexibility index (Phi) is 6.01. The van der Waals surface area contributed by atoms with Gasteiger partial charge in [-0.25, -0.2) is 8.42 Å². The molecule has 0 radical (unpaired) electrons. The van der Waals surface area contributed by atoms with Gasteiger partial charge in [-0.3, -0.25) is 4.79 Å². The van der Waals surface area contributed by atoms with Crippen molar-refractivity contribution < 1.29 is 13.2 Å². The minimum atomic E-state index is -3.39. The number of benzene rings is 2. The number of hydrogen-bond donors (Lipinski definition) is 1. The zero-order valence-electron chi connectivity index (χ0n) is 16.1. The van der Waals surface area contributed by atoms with Gasteiger partial charge in [-0.05, 0) is 53.6 Å². The third kappa shape index (κ3) is 4.51. The quantitative estimate of drug-likeness (QED) is 0.645. The molecule has 0 bridgehead atoms. The molecule has 1 unspecified atom stereocenters. The maximum Gasteiger partial charge on any atom is 0.252 e. The molecule has 4 nitrogen and oxygen atoms in total. The molecule has 2 aromatic carbocycles. The van der Waals surface area contributed by atoms with Gasteiger partial charge in [-0.1, -0.05) is 43.3 Å². The van der Waals surface area contributed by atoms with Crippen molar-refractivity contribution in [2.24, 2.45) is 0 Å². The van der Waals surface area contributed by atoms with Gasteiger partial charge in [-0.2, -0.15) is 0 Å². The summed E-state index contributed by atoms with van der Waals surface area (Å²) in [6.07, 6.45) is 2.09. The van der Waals surface area contributed by atoms with Crippen LogP contribution in [0.4, 0.5) is 0 Å². The highest BCUT2D eigenvalue weighted by Gasteiger charge is 2.21. The Bertz CT molecular complexity index is 1070. The van der Waals surface area contributed by atoms with Crippen molar-refractivity contribution in [2.75, 3.05) is 6.26 Å². The van der Waals surface area contributed by atoms with Gasteiger partial charge in [0.15, 0.2) is 9.84 Å². The van der Waals surface area contributed by atoms with E-state index in [1.807, 2.05) is 29.6 Å². The number of rotatable bonds is 6. The Labute approximate surface area is 170 Å². The fourth-order valence-corrected chi connectivity index (χ4v) is 4.45. The molecule has 1 aromatic heterocycles. The van der Waals surface area contributed by atoms with E-state index in [4.69, 9.17) is 0 Å². The Balaban J connectivity index is 1.96. The standard InChI is InChI=1S/C22H23NO3S2/c1-4-16-8-10-17(11-9-16)21(20-6-5-13-27-20)23-22(24)19-14-18(28(3,25)26)12-7-15(19)2/h5-14,21H,4H2,1-3H3,(H,23,24). The van der Waals surface area contributed by atoms with Gasteiger partial charge in [0, 0.05) is 16.7 Å². The fourth-order valence-electron chi connectivity index (χ4n) is 3.01. The molecule has 0 saturated carbocycles. The van der Waals surface area contributed by atoms with Crippen LogP contribution in [0.25, 0.3) is 0 Å². The van der Waals surface area contributed by atoms with E-state index < -0.39 is 9.84 Å². The van der Waals surface area contributed by atoms with E-state index in [9.17, 15) is 13.2 Å². The molecule has 28 heavy (non-hydrogen) atoms. The van der Waals surface area contributed by atoms with Crippen LogP contribution in [-0.2, 0) is 16.3 Å². The molecule has 3 rings (SSSR count). The summed E-state index contributed by atoms with van der Waals surface area (Å²) in [5, 5.41) is 5.06. The first-order valence-corrected chi connectivity index (χ1v) is 11.8. The molecule has 1 amide bonds. The Morgan fingerprint density at radius 2 is 1.82 bits per heavy atom. The number of sulfone groups is 1. The van der Waals surface area contributed by atoms with E-state index in [0.717, 1.165) is 28.7 Å². The lowest BCUT2D eigenvalue weighted by Gasteiger charge is -2.19. The topological polar surface area (TPSA) is 63.2 Å². The molecule has 0 aliphatic carbocycles. The van der Waals surface area contributed by atoms with Gasteiger partial charge in [-0.15, -0.1) is 11.3 Å². The minimum Gasteiger partial charge on any atom is -0.340 e. The number of thiophene rings is 1. The zero-order chi connectivity index (χ0) is 20.3. The van der Waals surface area contributed by atoms with Gasteiger partial charge in [0.2, 0.25) is 0 Å². The minimum absolute atomic E-state index is 0.142. The first-order chi connectivity index (χ1) is 13.3. The monoisotopic (exact) mass is 413 g/mol. The third-order valence-corrected chi connectivity index (χ3v) is 6.75. The second kappa shape index (κ2) is 8.29. The molecule has 146 valence electrons. The van der Waals surface area contributed by atoms with E-state index >= 15 is 0 Å². The van der Waals surface area contributed by atoms with Gasteiger partial charge >= 0.3 is 0 Å². The average Bonchev–Trinajstić information content (AvgIpc) is 3.20. The molecular weight excluding hydrogens is 390 g/mol.